The molecule has 0 bridgehead atoms. The zero-order chi connectivity index (χ0) is 30.0. The first kappa shape index (κ1) is 27.6. The molecule has 6 rings (SSSR count). The number of rotatable bonds is 6. The van der Waals surface area contributed by atoms with Crippen LogP contribution in [0.3, 0.4) is 0 Å². The molecule has 0 saturated carbocycles. The molecular formula is C30H25F2N3O6S. The SMILES string of the molecule is Cc1cn(-c2ccc(-c3ccc(CO)c(S(C)(=O)=O)c3)cc2-c2oc(C)nc2-c2ccc3c(c2)OC(F)(F)O3)c(C)n1. The van der Waals surface area contributed by atoms with Crippen LogP contribution in [0.1, 0.15) is 23.0 Å². The normalized spacial score (nSPS) is 14.0. The molecule has 216 valence electrons. The second kappa shape index (κ2) is 9.78. The molecule has 12 heteroatoms. The highest BCUT2D eigenvalue weighted by Crippen LogP contribution is 2.45. The van der Waals surface area contributed by atoms with E-state index >= 15 is 0 Å². The van der Waals surface area contributed by atoms with E-state index in [4.69, 9.17) is 4.42 Å². The lowest BCUT2D eigenvalue weighted by Crippen LogP contribution is -2.25. The lowest BCUT2D eigenvalue weighted by atomic mass is 9.97. The van der Waals surface area contributed by atoms with Crippen molar-refractivity contribution in [2.75, 3.05) is 6.26 Å². The van der Waals surface area contributed by atoms with E-state index < -0.39 is 22.7 Å². The average molecular weight is 594 g/mol. The van der Waals surface area contributed by atoms with E-state index in [0.717, 1.165) is 17.8 Å². The Hall–Kier alpha value is -4.55. The first-order valence-electron chi connectivity index (χ1n) is 12.8. The average Bonchev–Trinajstić information content (AvgIpc) is 3.58. The maximum Gasteiger partial charge on any atom is 0.586 e. The maximum absolute atomic E-state index is 13.7. The van der Waals surface area contributed by atoms with E-state index in [9.17, 15) is 22.3 Å². The summed E-state index contributed by atoms with van der Waals surface area (Å²) in [5.74, 6) is 1.19. The molecule has 0 radical (unpaired) electrons. The molecule has 1 N–H and O–H groups in total. The van der Waals surface area contributed by atoms with Gasteiger partial charge in [0, 0.05) is 30.5 Å². The number of aliphatic hydroxyl groups excluding tert-OH is 1. The van der Waals surface area contributed by atoms with Gasteiger partial charge in [0.15, 0.2) is 33.0 Å². The molecule has 0 fully saturated rings. The number of halogens is 2. The topological polar surface area (TPSA) is 117 Å². The van der Waals surface area contributed by atoms with Gasteiger partial charge in [-0.05, 0) is 66.9 Å². The summed E-state index contributed by atoms with van der Waals surface area (Å²) in [7, 11) is -3.62. The fourth-order valence-electron chi connectivity index (χ4n) is 5.08. The van der Waals surface area contributed by atoms with E-state index in [0.29, 0.717) is 50.8 Å². The third-order valence-electron chi connectivity index (χ3n) is 6.88. The Morgan fingerprint density at radius 3 is 2.29 bits per heavy atom. The number of nitrogens with zero attached hydrogens (tertiary/aromatic N) is 3. The third kappa shape index (κ3) is 4.92. The minimum atomic E-state index is -3.77. The molecule has 1 aliphatic heterocycles. The van der Waals surface area contributed by atoms with Gasteiger partial charge in [0.25, 0.3) is 0 Å². The van der Waals surface area contributed by atoms with Crippen LogP contribution in [-0.2, 0) is 16.4 Å². The second-order valence-corrected chi connectivity index (χ2v) is 12.0. The van der Waals surface area contributed by atoms with Gasteiger partial charge < -0.3 is 23.6 Å². The van der Waals surface area contributed by atoms with Crippen LogP contribution >= 0.6 is 0 Å². The molecule has 3 heterocycles. The van der Waals surface area contributed by atoms with Crippen molar-refractivity contribution in [2.24, 2.45) is 0 Å². The van der Waals surface area contributed by atoms with E-state index in [2.05, 4.69) is 19.4 Å². The molecule has 9 nitrogen and oxygen atoms in total. The van der Waals surface area contributed by atoms with Crippen molar-refractivity contribution in [1.82, 2.24) is 14.5 Å². The highest BCUT2D eigenvalue weighted by atomic mass is 32.2. The van der Waals surface area contributed by atoms with Gasteiger partial charge in [-0.15, -0.1) is 8.78 Å². The predicted octanol–water partition coefficient (Wildman–Crippen LogP) is 6.00. The molecule has 3 aromatic carbocycles. The van der Waals surface area contributed by atoms with Crippen LogP contribution in [0.15, 0.2) is 70.1 Å². The van der Waals surface area contributed by atoms with Crippen molar-refractivity contribution in [3.63, 3.8) is 0 Å². The summed E-state index contributed by atoms with van der Waals surface area (Å²) in [6.07, 6.45) is -0.801. The number of benzene rings is 3. The number of sulfone groups is 1. The Morgan fingerprint density at radius 2 is 1.60 bits per heavy atom. The van der Waals surface area contributed by atoms with Gasteiger partial charge in [0.2, 0.25) is 0 Å². The number of aromatic nitrogens is 3. The Labute approximate surface area is 239 Å². The van der Waals surface area contributed by atoms with Gasteiger partial charge in [-0.3, -0.25) is 0 Å². The van der Waals surface area contributed by atoms with Crippen molar-refractivity contribution in [3.8, 4) is 50.9 Å². The van der Waals surface area contributed by atoms with E-state index in [1.165, 1.54) is 18.2 Å². The van der Waals surface area contributed by atoms with Crippen molar-refractivity contribution in [3.05, 3.63) is 83.8 Å². The van der Waals surface area contributed by atoms with Crippen LogP contribution < -0.4 is 9.47 Å². The zero-order valence-corrected chi connectivity index (χ0v) is 23.8. The summed E-state index contributed by atoms with van der Waals surface area (Å²) in [4.78, 5) is 9.12. The first-order valence-corrected chi connectivity index (χ1v) is 14.7. The van der Waals surface area contributed by atoms with Crippen molar-refractivity contribution >= 4 is 9.84 Å². The highest BCUT2D eigenvalue weighted by molar-refractivity contribution is 7.90. The number of oxazole rings is 1. The molecule has 2 aromatic heterocycles. The van der Waals surface area contributed by atoms with Gasteiger partial charge in [0.05, 0.1) is 22.9 Å². The Balaban J connectivity index is 1.57. The second-order valence-electron chi connectivity index (χ2n) is 10.0. The molecular weight excluding hydrogens is 568 g/mol. The van der Waals surface area contributed by atoms with E-state index in [-0.39, 0.29) is 16.4 Å². The largest absolute Gasteiger partial charge is 0.586 e. The smallest absolute Gasteiger partial charge is 0.440 e. The maximum atomic E-state index is 13.7. The van der Waals surface area contributed by atoms with Crippen LogP contribution in [0, 0.1) is 20.8 Å². The van der Waals surface area contributed by atoms with Crippen LogP contribution in [0.5, 0.6) is 11.5 Å². The van der Waals surface area contributed by atoms with Crippen LogP contribution in [-0.4, -0.2) is 40.6 Å². The monoisotopic (exact) mass is 593 g/mol. The first-order chi connectivity index (χ1) is 19.8. The van der Waals surface area contributed by atoms with Crippen molar-refractivity contribution in [1.29, 1.82) is 0 Å². The molecule has 0 amide bonds. The fourth-order valence-corrected chi connectivity index (χ4v) is 6.03. The Kier molecular flexibility index (Phi) is 6.43. The zero-order valence-electron chi connectivity index (χ0n) is 23.0. The minimum absolute atomic E-state index is 0.0302. The summed E-state index contributed by atoms with van der Waals surface area (Å²) in [5, 5.41) is 9.70. The summed E-state index contributed by atoms with van der Waals surface area (Å²) < 4.78 is 69.6. The number of fused-ring (bicyclic) bond motifs is 1. The van der Waals surface area contributed by atoms with Gasteiger partial charge in [-0.1, -0.05) is 18.2 Å². The molecule has 1 aliphatic rings. The van der Waals surface area contributed by atoms with E-state index in [1.54, 1.807) is 25.1 Å². The minimum Gasteiger partial charge on any atom is -0.440 e. The summed E-state index contributed by atoms with van der Waals surface area (Å²) in [6, 6.07) is 14.8. The predicted molar refractivity (Wildman–Crippen MR) is 149 cm³/mol. The van der Waals surface area contributed by atoms with Gasteiger partial charge in [-0.2, -0.15) is 0 Å². The highest BCUT2D eigenvalue weighted by Gasteiger charge is 2.43. The molecule has 0 aliphatic carbocycles. The van der Waals surface area contributed by atoms with Gasteiger partial charge >= 0.3 is 6.29 Å². The molecule has 0 saturated heterocycles. The standard InChI is InChI=1S/C30H25F2N3O6S/c1-16-14-35(17(2)33-16)24-9-7-19(20-5-6-22(15-36)27(13-20)42(4,37)38)11-23(24)29-28(34-18(3)39-29)21-8-10-25-26(12-21)41-30(31,32)40-25/h5-14,36H,15H2,1-4H3. The van der Waals surface area contributed by atoms with Crippen molar-refractivity contribution < 1.29 is 36.2 Å². The van der Waals surface area contributed by atoms with Crippen LogP contribution in [0.2, 0.25) is 0 Å². The Morgan fingerprint density at radius 1 is 0.905 bits per heavy atom. The lowest BCUT2D eigenvalue weighted by Gasteiger charge is -2.15. The number of imidazole rings is 1. The van der Waals surface area contributed by atoms with Crippen molar-refractivity contribution in [2.45, 2.75) is 38.6 Å². The van der Waals surface area contributed by atoms with Gasteiger partial charge in [0.1, 0.15) is 11.5 Å². The molecule has 42 heavy (non-hydrogen) atoms. The van der Waals surface area contributed by atoms with E-state index in [1.807, 2.05) is 42.8 Å². The number of hydrogen-bond acceptors (Lipinski definition) is 8. The molecule has 0 unspecified atom stereocenters. The number of hydrogen-bond donors (Lipinski definition) is 1. The number of aryl methyl sites for hydroxylation is 3. The quantitative estimate of drug-likeness (QED) is 0.255. The number of ether oxygens (including phenoxy) is 2. The van der Waals surface area contributed by atoms with Crippen LogP contribution in [0.4, 0.5) is 8.78 Å². The summed E-state index contributed by atoms with van der Waals surface area (Å²) in [6.45, 7) is 4.99. The fraction of sp³-hybridized carbons (Fsp3) is 0.200. The van der Waals surface area contributed by atoms with Gasteiger partial charge in [-0.25, -0.2) is 18.4 Å². The lowest BCUT2D eigenvalue weighted by molar-refractivity contribution is -0.286. The van der Waals surface area contributed by atoms with Crippen LogP contribution in [0.25, 0.3) is 39.4 Å². The molecule has 5 aromatic rings. The molecule has 0 spiro atoms. The molecule has 0 atom stereocenters. The third-order valence-corrected chi connectivity index (χ3v) is 8.06. The summed E-state index contributed by atoms with van der Waals surface area (Å²) >= 11 is 0. The Bertz CT molecular complexity index is 1980. The number of aliphatic hydroxyl groups is 1. The number of alkyl halides is 2. The summed E-state index contributed by atoms with van der Waals surface area (Å²) in [5.41, 5.74) is 4.51.